The Morgan fingerprint density at radius 2 is 1.85 bits per heavy atom. The fourth-order valence-electron chi connectivity index (χ4n) is 4.07. The first-order chi connectivity index (χ1) is 16.1. The lowest BCUT2D eigenvalue weighted by Gasteiger charge is -2.27. The van der Waals surface area contributed by atoms with Crippen LogP contribution in [0.15, 0.2) is 54.6 Å². The van der Waals surface area contributed by atoms with E-state index in [2.05, 4.69) is 27.3 Å². The monoisotopic (exact) mass is 513 g/mol. The number of para-hydroxylation sites is 1. The molecule has 2 aromatic carbocycles. The Morgan fingerprint density at radius 1 is 1.09 bits per heavy atom. The molecule has 0 saturated heterocycles. The zero-order valence-corrected chi connectivity index (χ0v) is 21.0. The molecule has 34 heavy (non-hydrogen) atoms. The van der Waals surface area contributed by atoms with Crippen LogP contribution >= 0.6 is 35.1 Å². The number of ether oxygens (including phenoxy) is 1. The molecule has 9 heteroatoms. The molecule has 0 radical (unpaired) electrons. The summed E-state index contributed by atoms with van der Waals surface area (Å²) in [7, 11) is 0. The number of halogens is 1. The van der Waals surface area contributed by atoms with E-state index in [-0.39, 0.29) is 30.9 Å². The topological polar surface area (TPSA) is 71.5 Å². The highest BCUT2D eigenvalue weighted by molar-refractivity contribution is 7.20. The smallest absolute Gasteiger partial charge is 0.341 e. The van der Waals surface area contributed by atoms with Gasteiger partial charge in [0.1, 0.15) is 5.00 Å². The van der Waals surface area contributed by atoms with Gasteiger partial charge in [0.25, 0.3) is 5.91 Å². The summed E-state index contributed by atoms with van der Waals surface area (Å²) in [6.45, 7) is 4.50. The van der Waals surface area contributed by atoms with Crippen molar-refractivity contribution in [3.05, 3.63) is 81.2 Å². The van der Waals surface area contributed by atoms with Crippen LogP contribution in [0.4, 0.5) is 5.00 Å². The number of carbonyl (C=O) groups excluding carboxylic acids is 2. The molecule has 0 fully saturated rings. The van der Waals surface area contributed by atoms with Gasteiger partial charge in [-0.05, 0) is 36.6 Å². The van der Waals surface area contributed by atoms with Gasteiger partial charge < -0.3 is 10.1 Å². The van der Waals surface area contributed by atoms with Crippen molar-refractivity contribution in [3.63, 3.8) is 0 Å². The standard InChI is InChI=1S/C25H23N3O3S2.ClH/c1-2-31-25(30)21-17-12-13-28(14-16-8-4-3-5-9-16)15-20(17)33-23(21)27-22(29)24-26-18-10-6-7-11-19(18)32-24;/h3-11H,2,12-15H2,1H3,(H,27,29);1H. The number of esters is 1. The summed E-state index contributed by atoms with van der Waals surface area (Å²) < 4.78 is 6.29. The third kappa shape index (κ3) is 5.00. The maximum atomic E-state index is 13.0. The minimum absolute atomic E-state index is 0. The van der Waals surface area contributed by atoms with Crippen molar-refractivity contribution in [3.8, 4) is 0 Å². The number of hydrogen-bond donors (Lipinski definition) is 1. The quantitative estimate of drug-likeness (QED) is 0.331. The van der Waals surface area contributed by atoms with Crippen LogP contribution in [0.3, 0.4) is 0 Å². The predicted molar refractivity (Wildman–Crippen MR) is 139 cm³/mol. The number of carbonyl (C=O) groups is 2. The van der Waals surface area contributed by atoms with Crippen LogP contribution in [-0.2, 0) is 24.2 Å². The van der Waals surface area contributed by atoms with Gasteiger partial charge in [-0.2, -0.15) is 0 Å². The molecule has 1 amide bonds. The molecular weight excluding hydrogens is 490 g/mol. The molecule has 0 unspecified atom stereocenters. The zero-order chi connectivity index (χ0) is 22.8. The van der Waals surface area contributed by atoms with E-state index in [9.17, 15) is 9.59 Å². The summed E-state index contributed by atoms with van der Waals surface area (Å²) >= 11 is 2.81. The molecule has 3 heterocycles. The van der Waals surface area contributed by atoms with Crippen molar-refractivity contribution >= 4 is 62.2 Å². The average Bonchev–Trinajstić information content (AvgIpc) is 3.41. The van der Waals surface area contributed by atoms with Crippen LogP contribution in [0.25, 0.3) is 10.2 Å². The van der Waals surface area contributed by atoms with E-state index in [4.69, 9.17) is 4.74 Å². The van der Waals surface area contributed by atoms with Gasteiger partial charge in [0.2, 0.25) is 0 Å². The molecule has 0 bridgehead atoms. The number of aromatic nitrogens is 1. The van der Waals surface area contributed by atoms with Crippen LogP contribution < -0.4 is 5.32 Å². The van der Waals surface area contributed by atoms with Gasteiger partial charge in [-0.3, -0.25) is 9.69 Å². The van der Waals surface area contributed by atoms with Crippen LogP contribution in [0.2, 0.25) is 0 Å². The van der Waals surface area contributed by atoms with E-state index in [1.807, 2.05) is 42.5 Å². The molecule has 0 atom stereocenters. The van der Waals surface area contributed by atoms with Crippen molar-refractivity contribution in [1.29, 1.82) is 0 Å². The number of benzene rings is 2. The number of hydrogen-bond acceptors (Lipinski definition) is 7. The van der Waals surface area contributed by atoms with Gasteiger partial charge in [0, 0.05) is 24.5 Å². The summed E-state index contributed by atoms with van der Waals surface area (Å²) in [6.07, 6.45) is 0.740. The summed E-state index contributed by atoms with van der Waals surface area (Å²) in [6, 6.07) is 18.0. The Morgan fingerprint density at radius 3 is 2.62 bits per heavy atom. The van der Waals surface area contributed by atoms with E-state index in [0.717, 1.165) is 46.7 Å². The normalized spacial score (nSPS) is 13.2. The molecule has 6 nitrogen and oxygen atoms in total. The second kappa shape index (κ2) is 10.7. The van der Waals surface area contributed by atoms with E-state index >= 15 is 0 Å². The average molecular weight is 514 g/mol. The van der Waals surface area contributed by atoms with Gasteiger partial charge in [-0.25, -0.2) is 9.78 Å². The third-order valence-corrected chi connectivity index (χ3v) is 7.75. The van der Waals surface area contributed by atoms with Crippen LogP contribution in [-0.4, -0.2) is 34.9 Å². The predicted octanol–water partition coefficient (Wildman–Crippen LogP) is 5.77. The number of thiophene rings is 1. The summed E-state index contributed by atoms with van der Waals surface area (Å²) in [4.78, 5) is 33.8. The van der Waals surface area contributed by atoms with E-state index in [1.165, 1.54) is 28.2 Å². The van der Waals surface area contributed by atoms with Crippen molar-refractivity contribution in [2.24, 2.45) is 0 Å². The molecule has 4 aromatic rings. The highest BCUT2D eigenvalue weighted by Crippen LogP contribution is 2.38. The van der Waals surface area contributed by atoms with Gasteiger partial charge in [0.05, 0.1) is 22.4 Å². The van der Waals surface area contributed by atoms with E-state index < -0.39 is 0 Å². The molecule has 0 aliphatic carbocycles. The molecule has 1 N–H and O–H groups in total. The minimum atomic E-state index is -0.383. The van der Waals surface area contributed by atoms with Gasteiger partial charge in [-0.15, -0.1) is 35.1 Å². The van der Waals surface area contributed by atoms with Crippen LogP contribution in [0.1, 0.15) is 43.1 Å². The Kier molecular flexibility index (Phi) is 7.63. The van der Waals surface area contributed by atoms with Gasteiger partial charge in [-0.1, -0.05) is 42.5 Å². The summed E-state index contributed by atoms with van der Waals surface area (Å²) in [5.41, 5.74) is 3.53. The lowest BCUT2D eigenvalue weighted by Crippen LogP contribution is -2.29. The summed E-state index contributed by atoms with van der Waals surface area (Å²) in [5.74, 6) is -0.687. The SMILES string of the molecule is CCOC(=O)c1c(NC(=O)c2nc3ccccc3s2)sc2c1CCN(Cc1ccccc1)C2.Cl. The molecule has 0 spiro atoms. The number of rotatable bonds is 6. The molecule has 5 rings (SSSR count). The Hall–Kier alpha value is -2.78. The van der Waals surface area contributed by atoms with Gasteiger partial charge in [0.15, 0.2) is 5.01 Å². The molecule has 1 aliphatic rings. The number of amides is 1. The second-order valence-corrected chi connectivity index (χ2v) is 9.95. The molecule has 1 aliphatic heterocycles. The van der Waals surface area contributed by atoms with Crippen LogP contribution in [0.5, 0.6) is 0 Å². The Balaban J connectivity index is 0.00000274. The lowest BCUT2D eigenvalue weighted by atomic mass is 10.0. The molecule has 0 saturated carbocycles. The number of fused-ring (bicyclic) bond motifs is 2. The van der Waals surface area contributed by atoms with Crippen LogP contribution in [0, 0.1) is 0 Å². The lowest BCUT2D eigenvalue weighted by molar-refractivity contribution is 0.0526. The zero-order valence-electron chi connectivity index (χ0n) is 18.6. The van der Waals surface area contributed by atoms with Gasteiger partial charge >= 0.3 is 5.97 Å². The highest BCUT2D eigenvalue weighted by atomic mass is 35.5. The first kappa shape index (κ1) is 24.3. The first-order valence-corrected chi connectivity index (χ1v) is 12.5. The second-order valence-electron chi connectivity index (χ2n) is 7.82. The fourth-order valence-corrected chi connectivity index (χ4v) is 6.20. The fraction of sp³-hybridized carbons (Fsp3) is 0.240. The number of anilines is 1. The minimum Gasteiger partial charge on any atom is -0.462 e. The third-order valence-electron chi connectivity index (χ3n) is 5.58. The summed E-state index contributed by atoms with van der Waals surface area (Å²) in [5, 5.41) is 3.88. The van der Waals surface area contributed by atoms with Crippen molar-refractivity contribution < 1.29 is 14.3 Å². The van der Waals surface area contributed by atoms with Crippen molar-refractivity contribution in [2.75, 3.05) is 18.5 Å². The molecular formula is C25H24ClN3O3S2. The Bertz CT molecular complexity index is 1290. The highest BCUT2D eigenvalue weighted by Gasteiger charge is 2.30. The van der Waals surface area contributed by atoms with Crippen molar-refractivity contribution in [1.82, 2.24) is 9.88 Å². The first-order valence-electron chi connectivity index (χ1n) is 10.9. The number of nitrogens with zero attached hydrogens (tertiary/aromatic N) is 2. The van der Waals surface area contributed by atoms with E-state index in [1.54, 1.807) is 6.92 Å². The molecule has 2 aromatic heterocycles. The Labute approximate surface area is 212 Å². The largest absolute Gasteiger partial charge is 0.462 e. The molecule has 176 valence electrons. The van der Waals surface area contributed by atoms with E-state index in [0.29, 0.717) is 15.6 Å². The van der Waals surface area contributed by atoms with Crippen molar-refractivity contribution in [2.45, 2.75) is 26.4 Å². The maximum Gasteiger partial charge on any atom is 0.341 e. The number of thiazole rings is 1. The maximum absolute atomic E-state index is 13.0. The number of nitrogens with one attached hydrogen (secondary N) is 1.